The smallest absolute Gasteiger partial charge is 0.416 e. The first-order chi connectivity index (χ1) is 14.4. The van der Waals surface area contributed by atoms with Gasteiger partial charge in [0.1, 0.15) is 5.76 Å². The number of benzene rings is 1. The Hall–Kier alpha value is -2.58. The second kappa shape index (κ2) is 8.65. The summed E-state index contributed by atoms with van der Waals surface area (Å²) in [5, 5.41) is 4.19. The Morgan fingerprint density at radius 2 is 1.93 bits per heavy atom. The van der Waals surface area contributed by atoms with Gasteiger partial charge in [0.05, 0.1) is 5.56 Å². The van der Waals surface area contributed by atoms with Gasteiger partial charge >= 0.3 is 6.18 Å². The highest BCUT2D eigenvalue weighted by molar-refractivity contribution is 7.07. The van der Waals surface area contributed by atoms with Crippen LogP contribution in [0.1, 0.15) is 28.1 Å². The van der Waals surface area contributed by atoms with Crippen molar-refractivity contribution >= 4 is 17.2 Å². The molecule has 0 N–H and O–H groups in total. The molecule has 0 unspecified atom stereocenters. The molecule has 3 heterocycles. The Morgan fingerprint density at radius 1 is 1.07 bits per heavy atom. The second-order valence-corrected chi connectivity index (χ2v) is 8.08. The number of carbonyl (C=O) groups excluding carboxylic acids is 1. The Labute approximate surface area is 176 Å². The molecule has 0 atom stereocenters. The molecule has 1 saturated heterocycles. The summed E-state index contributed by atoms with van der Waals surface area (Å²) in [4.78, 5) is 17.0. The molecule has 4 rings (SSSR count). The summed E-state index contributed by atoms with van der Waals surface area (Å²) in [6, 6.07) is 10.1. The Bertz CT molecular complexity index is 998. The van der Waals surface area contributed by atoms with E-state index >= 15 is 0 Å². The normalized spacial score (nSPS) is 15.9. The molecule has 1 aromatic carbocycles. The minimum absolute atomic E-state index is 0.147. The highest BCUT2D eigenvalue weighted by Gasteiger charge is 2.31. The molecule has 1 aliphatic heterocycles. The van der Waals surface area contributed by atoms with Gasteiger partial charge in [-0.15, -0.1) is 0 Å². The molecule has 1 aliphatic rings. The van der Waals surface area contributed by atoms with Crippen LogP contribution in [0.15, 0.2) is 57.6 Å². The molecule has 8 heteroatoms. The first-order valence-corrected chi connectivity index (χ1v) is 10.6. The second-order valence-electron chi connectivity index (χ2n) is 7.30. The fourth-order valence-electron chi connectivity index (χ4n) is 3.59. The van der Waals surface area contributed by atoms with Crippen LogP contribution < -0.4 is 0 Å². The Kier molecular flexibility index (Phi) is 5.97. The molecule has 1 amide bonds. The predicted octanol–water partition coefficient (Wildman–Crippen LogP) is 5.38. The Balaban J connectivity index is 1.43. The zero-order valence-electron chi connectivity index (χ0n) is 16.2. The van der Waals surface area contributed by atoms with Gasteiger partial charge in [0.25, 0.3) is 5.91 Å². The van der Waals surface area contributed by atoms with Crippen LogP contribution in [0.2, 0.25) is 0 Å². The highest BCUT2D eigenvalue weighted by Crippen LogP contribution is 2.32. The molecule has 2 aromatic heterocycles. The van der Waals surface area contributed by atoms with Crippen LogP contribution in [0, 0.1) is 0 Å². The number of thiophene rings is 1. The number of alkyl halides is 3. The van der Waals surface area contributed by atoms with Gasteiger partial charge in [-0.05, 0) is 53.1 Å². The average Bonchev–Trinajstić information content (AvgIpc) is 3.36. The summed E-state index contributed by atoms with van der Waals surface area (Å²) in [7, 11) is 0. The van der Waals surface area contributed by atoms with Crippen molar-refractivity contribution in [1.29, 1.82) is 0 Å². The van der Waals surface area contributed by atoms with Crippen molar-refractivity contribution in [3.05, 3.63) is 70.1 Å². The first kappa shape index (κ1) is 20.7. The van der Waals surface area contributed by atoms with Crippen LogP contribution in [-0.4, -0.2) is 41.9 Å². The van der Waals surface area contributed by atoms with Crippen LogP contribution in [0.3, 0.4) is 0 Å². The van der Waals surface area contributed by atoms with Gasteiger partial charge < -0.3 is 9.32 Å². The van der Waals surface area contributed by atoms with E-state index in [9.17, 15) is 18.0 Å². The molecule has 0 saturated carbocycles. The van der Waals surface area contributed by atoms with Crippen LogP contribution >= 0.6 is 11.3 Å². The van der Waals surface area contributed by atoms with Crippen LogP contribution in [0.4, 0.5) is 13.2 Å². The summed E-state index contributed by atoms with van der Waals surface area (Å²) < 4.78 is 44.5. The molecule has 0 bridgehead atoms. The highest BCUT2D eigenvalue weighted by atomic mass is 32.1. The monoisotopic (exact) mass is 434 g/mol. The zero-order valence-corrected chi connectivity index (χ0v) is 17.0. The molecule has 0 aliphatic carbocycles. The number of hydrogen-bond acceptors (Lipinski definition) is 4. The van der Waals surface area contributed by atoms with Gasteiger partial charge in [0.2, 0.25) is 0 Å². The maximum absolute atomic E-state index is 13.0. The summed E-state index contributed by atoms with van der Waals surface area (Å²) in [5.41, 5.74) is 0.820. The zero-order chi connectivity index (χ0) is 21.1. The van der Waals surface area contributed by atoms with E-state index < -0.39 is 11.7 Å². The van der Waals surface area contributed by atoms with E-state index in [1.807, 2.05) is 0 Å². The van der Waals surface area contributed by atoms with E-state index in [0.717, 1.165) is 38.2 Å². The third-order valence-corrected chi connectivity index (χ3v) is 5.89. The van der Waals surface area contributed by atoms with Crippen molar-refractivity contribution in [3.8, 4) is 11.3 Å². The lowest BCUT2D eigenvalue weighted by atomic mass is 10.1. The number of nitrogens with zero attached hydrogens (tertiary/aromatic N) is 2. The molecule has 0 spiro atoms. The van der Waals surface area contributed by atoms with Crippen molar-refractivity contribution in [2.45, 2.75) is 19.1 Å². The van der Waals surface area contributed by atoms with Crippen molar-refractivity contribution in [1.82, 2.24) is 9.80 Å². The average molecular weight is 434 g/mol. The molecule has 158 valence electrons. The third kappa shape index (κ3) is 4.76. The maximum Gasteiger partial charge on any atom is 0.416 e. The lowest BCUT2D eigenvalue weighted by Gasteiger charge is -2.21. The van der Waals surface area contributed by atoms with Crippen molar-refractivity contribution in [2.75, 3.05) is 26.2 Å². The van der Waals surface area contributed by atoms with Gasteiger partial charge in [-0.1, -0.05) is 12.1 Å². The summed E-state index contributed by atoms with van der Waals surface area (Å²) >= 11 is 1.67. The van der Waals surface area contributed by atoms with Gasteiger partial charge in [-0.3, -0.25) is 9.69 Å². The van der Waals surface area contributed by atoms with Crippen LogP contribution in [-0.2, 0) is 12.7 Å². The quantitative estimate of drug-likeness (QED) is 0.554. The lowest BCUT2D eigenvalue weighted by Crippen LogP contribution is -2.34. The molecule has 0 radical (unpaired) electrons. The van der Waals surface area contributed by atoms with Crippen LogP contribution in [0.5, 0.6) is 0 Å². The standard InChI is InChI=1S/C22H21F3N2O2S/c23-22(24,25)18-4-1-3-17(13-18)19-5-6-20(29-19)21(28)27-9-2-8-26(10-11-27)14-16-7-12-30-15-16/h1,3-7,12-13,15H,2,8-11,14H2. The van der Waals surface area contributed by atoms with E-state index in [4.69, 9.17) is 4.42 Å². The molecule has 3 aromatic rings. The van der Waals surface area contributed by atoms with Gasteiger partial charge in [-0.25, -0.2) is 0 Å². The van der Waals surface area contributed by atoms with Gasteiger partial charge in [-0.2, -0.15) is 24.5 Å². The lowest BCUT2D eigenvalue weighted by molar-refractivity contribution is -0.137. The number of hydrogen-bond donors (Lipinski definition) is 0. The van der Waals surface area contributed by atoms with E-state index in [1.54, 1.807) is 22.3 Å². The fraction of sp³-hybridized carbons (Fsp3) is 0.318. The minimum Gasteiger partial charge on any atom is -0.451 e. The maximum atomic E-state index is 13.0. The molecular weight excluding hydrogens is 413 g/mol. The van der Waals surface area contributed by atoms with E-state index in [2.05, 4.69) is 21.7 Å². The first-order valence-electron chi connectivity index (χ1n) is 9.70. The van der Waals surface area contributed by atoms with Crippen LogP contribution in [0.25, 0.3) is 11.3 Å². The van der Waals surface area contributed by atoms with Crippen molar-refractivity contribution < 1.29 is 22.4 Å². The SMILES string of the molecule is O=C(c1ccc(-c2cccc(C(F)(F)F)c2)o1)N1CCCN(Cc2ccsc2)CC1. The molecule has 30 heavy (non-hydrogen) atoms. The number of rotatable bonds is 4. The minimum atomic E-state index is -4.43. The van der Waals surface area contributed by atoms with E-state index in [0.29, 0.717) is 18.7 Å². The van der Waals surface area contributed by atoms with Gasteiger partial charge in [0, 0.05) is 38.3 Å². The molecular formula is C22H21F3N2O2S. The fourth-order valence-corrected chi connectivity index (χ4v) is 4.25. The van der Waals surface area contributed by atoms with Gasteiger partial charge in [0.15, 0.2) is 5.76 Å². The summed E-state index contributed by atoms with van der Waals surface area (Å²) in [5.74, 6) is 0.165. The van der Waals surface area contributed by atoms with Crippen molar-refractivity contribution in [3.63, 3.8) is 0 Å². The number of halogens is 3. The number of amides is 1. The summed E-state index contributed by atoms with van der Waals surface area (Å²) in [6.07, 6.45) is -3.57. The summed E-state index contributed by atoms with van der Waals surface area (Å²) in [6.45, 7) is 3.75. The topological polar surface area (TPSA) is 36.7 Å². The third-order valence-electron chi connectivity index (χ3n) is 5.15. The predicted molar refractivity (Wildman–Crippen MR) is 109 cm³/mol. The van der Waals surface area contributed by atoms with E-state index in [-0.39, 0.29) is 17.4 Å². The number of carbonyl (C=O) groups is 1. The molecule has 1 fully saturated rings. The van der Waals surface area contributed by atoms with E-state index in [1.165, 1.54) is 23.8 Å². The largest absolute Gasteiger partial charge is 0.451 e. The molecule has 4 nitrogen and oxygen atoms in total. The number of furan rings is 1. The van der Waals surface area contributed by atoms with Crippen molar-refractivity contribution in [2.24, 2.45) is 0 Å². The Morgan fingerprint density at radius 3 is 2.70 bits per heavy atom.